The van der Waals surface area contributed by atoms with Crippen LogP contribution >= 0.6 is 11.8 Å². The summed E-state index contributed by atoms with van der Waals surface area (Å²) < 4.78 is 1.50. The fourth-order valence-corrected chi connectivity index (χ4v) is 3.27. The average molecular weight is 411 g/mol. The number of aryl methyl sites for hydroxylation is 1. The molecule has 0 fully saturated rings. The number of thioether (sulfide) groups is 1. The number of hydrogen-bond donors (Lipinski definition) is 2. The van der Waals surface area contributed by atoms with E-state index in [0.717, 1.165) is 0 Å². The Morgan fingerprint density at radius 3 is 2.48 bits per heavy atom. The molecule has 0 unspecified atom stereocenters. The number of carbonyl (C=O) groups is 2. The number of nitrogens with one attached hydrogen (secondary N) is 2. The molecule has 0 bridgehead atoms. The first-order valence-corrected chi connectivity index (χ1v) is 10.1. The molecule has 1 aromatic heterocycles. The largest absolute Gasteiger partial charge is 0.351 e. The monoisotopic (exact) mass is 410 g/mol. The Balaban J connectivity index is 1.47. The van der Waals surface area contributed by atoms with Crippen molar-refractivity contribution in [3.8, 4) is 0 Å². The molecular weight excluding hydrogens is 388 g/mol. The van der Waals surface area contributed by atoms with Gasteiger partial charge >= 0.3 is 0 Å². The summed E-state index contributed by atoms with van der Waals surface area (Å²) in [6.07, 6.45) is 0. The first-order valence-electron chi connectivity index (χ1n) is 9.11. The Morgan fingerprint density at radius 1 is 1.10 bits per heavy atom. The zero-order valence-electron chi connectivity index (χ0n) is 16.2. The van der Waals surface area contributed by atoms with Gasteiger partial charge in [0.1, 0.15) is 0 Å². The predicted molar refractivity (Wildman–Crippen MR) is 112 cm³/mol. The second kappa shape index (κ2) is 9.83. The molecule has 0 aliphatic carbocycles. The lowest BCUT2D eigenvalue weighted by Gasteiger charge is -2.13. The van der Waals surface area contributed by atoms with Crippen LogP contribution in [0.2, 0.25) is 0 Å². The van der Waals surface area contributed by atoms with Crippen molar-refractivity contribution in [3.05, 3.63) is 65.7 Å². The maximum Gasteiger partial charge on any atom is 0.251 e. The molecule has 0 radical (unpaired) electrons. The van der Waals surface area contributed by atoms with Crippen LogP contribution in [0.1, 0.15) is 28.8 Å². The van der Waals surface area contributed by atoms with E-state index in [2.05, 4.69) is 33.1 Å². The number of carbonyl (C=O) groups excluding carboxylic acids is 2. The Labute approximate surface area is 173 Å². The van der Waals surface area contributed by atoms with E-state index in [4.69, 9.17) is 0 Å². The molecule has 0 spiro atoms. The molecule has 0 saturated carbocycles. The van der Waals surface area contributed by atoms with Gasteiger partial charge in [0.05, 0.1) is 5.75 Å². The summed E-state index contributed by atoms with van der Waals surface area (Å²) in [6.45, 7) is 2.62. The van der Waals surface area contributed by atoms with Crippen LogP contribution in [0.15, 0.2) is 59.8 Å². The quantitative estimate of drug-likeness (QED) is 0.553. The van der Waals surface area contributed by atoms with Crippen molar-refractivity contribution in [2.45, 2.75) is 18.0 Å². The predicted octanol–water partition coefficient (Wildman–Crippen LogP) is 2.47. The van der Waals surface area contributed by atoms with E-state index in [-0.39, 0.29) is 23.5 Å². The van der Waals surface area contributed by atoms with Crippen molar-refractivity contribution in [2.24, 2.45) is 7.05 Å². The minimum Gasteiger partial charge on any atom is -0.351 e. The van der Waals surface area contributed by atoms with Gasteiger partial charge in [0.2, 0.25) is 11.1 Å². The number of anilines is 1. The van der Waals surface area contributed by atoms with E-state index in [1.807, 2.05) is 30.3 Å². The molecule has 29 heavy (non-hydrogen) atoms. The zero-order valence-corrected chi connectivity index (χ0v) is 17.0. The molecule has 2 amide bonds. The number of nitrogens with zero attached hydrogens (tertiary/aromatic N) is 4. The molecule has 8 nitrogen and oxygen atoms in total. The summed E-state index contributed by atoms with van der Waals surface area (Å²) in [4.78, 5) is 24.4. The molecule has 150 valence electrons. The number of tetrazole rings is 1. The second-order valence-corrected chi connectivity index (χ2v) is 7.46. The molecule has 3 aromatic rings. The van der Waals surface area contributed by atoms with Crippen LogP contribution in [-0.2, 0) is 11.8 Å². The smallest absolute Gasteiger partial charge is 0.251 e. The average Bonchev–Trinajstić information content (AvgIpc) is 3.16. The number of benzene rings is 2. The van der Waals surface area contributed by atoms with Crippen LogP contribution in [0, 0.1) is 0 Å². The third-order valence-corrected chi connectivity index (χ3v) is 5.29. The van der Waals surface area contributed by atoms with E-state index >= 15 is 0 Å². The van der Waals surface area contributed by atoms with E-state index in [1.165, 1.54) is 22.0 Å². The van der Waals surface area contributed by atoms with E-state index in [9.17, 15) is 9.59 Å². The Bertz CT molecular complexity index is 959. The highest BCUT2D eigenvalue weighted by Crippen LogP contribution is 2.15. The van der Waals surface area contributed by atoms with Gasteiger partial charge in [-0.25, -0.2) is 4.68 Å². The van der Waals surface area contributed by atoms with Gasteiger partial charge in [0, 0.05) is 24.8 Å². The lowest BCUT2D eigenvalue weighted by molar-refractivity contribution is -0.113. The van der Waals surface area contributed by atoms with E-state index in [0.29, 0.717) is 23.0 Å². The summed E-state index contributed by atoms with van der Waals surface area (Å²) in [5.74, 6) is 0.0941. The van der Waals surface area contributed by atoms with Gasteiger partial charge < -0.3 is 10.6 Å². The fourth-order valence-electron chi connectivity index (χ4n) is 2.62. The summed E-state index contributed by atoms with van der Waals surface area (Å²) in [5, 5.41) is 17.4. The van der Waals surface area contributed by atoms with Crippen LogP contribution in [0.3, 0.4) is 0 Å². The number of aromatic nitrogens is 4. The second-order valence-electron chi connectivity index (χ2n) is 6.52. The highest BCUT2D eigenvalue weighted by atomic mass is 32.2. The first-order chi connectivity index (χ1) is 14.0. The third-order valence-electron chi connectivity index (χ3n) is 4.28. The fraction of sp³-hybridized carbons (Fsp3) is 0.250. The number of rotatable bonds is 8. The maximum absolute atomic E-state index is 12.4. The molecule has 2 N–H and O–H groups in total. The molecular formula is C20H22N6O2S. The van der Waals surface area contributed by atoms with Gasteiger partial charge in [-0.1, -0.05) is 49.0 Å². The minimum atomic E-state index is -0.174. The SMILES string of the molecule is C[C@H](CNC(=O)c1ccc(NC(=O)CSc2nnnn2C)cc1)c1ccccc1. The van der Waals surface area contributed by atoms with Crippen LogP contribution < -0.4 is 10.6 Å². The molecule has 3 rings (SSSR count). The first kappa shape index (κ1) is 20.5. The summed E-state index contributed by atoms with van der Waals surface area (Å²) in [7, 11) is 1.71. The van der Waals surface area contributed by atoms with Gasteiger partial charge in [-0.15, -0.1) is 5.10 Å². The normalized spacial score (nSPS) is 11.7. The topological polar surface area (TPSA) is 102 Å². The van der Waals surface area contributed by atoms with Crippen molar-refractivity contribution in [1.29, 1.82) is 0 Å². The van der Waals surface area contributed by atoms with Gasteiger partial charge in [0.15, 0.2) is 0 Å². The Morgan fingerprint density at radius 2 is 1.83 bits per heavy atom. The van der Waals surface area contributed by atoms with Crippen LogP contribution in [0.4, 0.5) is 5.69 Å². The lowest BCUT2D eigenvalue weighted by atomic mass is 10.0. The molecule has 1 heterocycles. The molecule has 0 aliphatic heterocycles. The molecule has 0 aliphatic rings. The molecule has 0 saturated heterocycles. The number of amides is 2. The Kier molecular flexibility index (Phi) is 6.96. The van der Waals surface area contributed by atoms with Gasteiger partial charge in [0.25, 0.3) is 5.91 Å². The van der Waals surface area contributed by atoms with Crippen molar-refractivity contribution in [3.63, 3.8) is 0 Å². The standard InChI is InChI=1S/C20H22N6O2S/c1-14(15-6-4-3-5-7-15)12-21-19(28)16-8-10-17(11-9-16)22-18(27)13-29-20-23-24-25-26(20)2/h3-11,14H,12-13H2,1-2H3,(H,21,28)(H,22,27)/t14-/m1/s1. The van der Waals surface area contributed by atoms with Gasteiger partial charge in [-0.2, -0.15) is 0 Å². The van der Waals surface area contributed by atoms with Crippen LogP contribution in [0.5, 0.6) is 0 Å². The van der Waals surface area contributed by atoms with Crippen LogP contribution in [-0.4, -0.2) is 44.3 Å². The zero-order chi connectivity index (χ0) is 20.6. The lowest BCUT2D eigenvalue weighted by Crippen LogP contribution is -2.27. The van der Waals surface area contributed by atoms with E-state index < -0.39 is 0 Å². The van der Waals surface area contributed by atoms with Gasteiger partial charge in [-0.3, -0.25) is 9.59 Å². The maximum atomic E-state index is 12.4. The van der Waals surface area contributed by atoms with Crippen molar-refractivity contribution in [2.75, 3.05) is 17.6 Å². The summed E-state index contributed by atoms with van der Waals surface area (Å²) in [6, 6.07) is 16.9. The van der Waals surface area contributed by atoms with Crippen LogP contribution in [0.25, 0.3) is 0 Å². The van der Waals surface area contributed by atoms with Gasteiger partial charge in [-0.05, 0) is 46.2 Å². The number of hydrogen-bond acceptors (Lipinski definition) is 6. The highest BCUT2D eigenvalue weighted by Gasteiger charge is 2.11. The highest BCUT2D eigenvalue weighted by molar-refractivity contribution is 7.99. The molecule has 9 heteroatoms. The summed E-state index contributed by atoms with van der Waals surface area (Å²) in [5.41, 5.74) is 2.35. The Hall–Kier alpha value is -3.20. The van der Waals surface area contributed by atoms with E-state index in [1.54, 1.807) is 31.3 Å². The third kappa shape index (κ3) is 5.89. The molecule has 1 atom stereocenters. The minimum absolute atomic E-state index is 0.143. The van der Waals surface area contributed by atoms with Crippen molar-refractivity contribution < 1.29 is 9.59 Å². The van der Waals surface area contributed by atoms with Crippen molar-refractivity contribution in [1.82, 2.24) is 25.5 Å². The van der Waals surface area contributed by atoms with Crippen molar-refractivity contribution >= 4 is 29.3 Å². The summed E-state index contributed by atoms with van der Waals surface area (Å²) >= 11 is 1.25. The molecule has 2 aromatic carbocycles.